The Kier molecular flexibility index (Phi) is 12.4. The highest BCUT2D eigenvalue weighted by atomic mass is 19.4. The van der Waals surface area contributed by atoms with E-state index in [4.69, 9.17) is 0 Å². The number of hydrogen-bond acceptors (Lipinski definition) is 9. The van der Waals surface area contributed by atoms with Crippen molar-refractivity contribution in [2.24, 2.45) is 5.92 Å². The highest BCUT2D eigenvalue weighted by Crippen LogP contribution is 2.38. The van der Waals surface area contributed by atoms with Crippen LogP contribution in [-0.2, 0) is 22.2 Å². The van der Waals surface area contributed by atoms with E-state index in [1.54, 1.807) is 58.3 Å². The molecule has 2 saturated heterocycles. The number of rotatable bonds is 7. The fourth-order valence-electron chi connectivity index (χ4n) is 7.91. The van der Waals surface area contributed by atoms with Gasteiger partial charge in [0.1, 0.15) is 29.3 Å². The van der Waals surface area contributed by atoms with Crippen LogP contribution in [0.2, 0.25) is 0 Å². The van der Waals surface area contributed by atoms with Crippen LogP contribution in [0.15, 0.2) is 77.6 Å². The molecule has 2 atom stereocenters. The number of likely N-dealkylation sites (N-methyl/N-ethyl adjacent to an activating group) is 1. The lowest BCUT2D eigenvalue weighted by Crippen LogP contribution is -2.51. The molecule has 4 heterocycles. The van der Waals surface area contributed by atoms with Crippen LogP contribution in [-0.4, -0.2) is 99.7 Å². The summed E-state index contributed by atoms with van der Waals surface area (Å²) in [5, 5.41) is 27.9. The van der Waals surface area contributed by atoms with Gasteiger partial charge in [-0.25, -0.2) is 14.5 Å². The van der Waals surface area contributed by atoms with Crippen LogP contribution in [0.3, 0.4) is 0 Å². The largest absolute Gasteiger partial charge is 0.417 e. The number of alkyl halides is 3. The molecule has 2 unspecified atom stereocenters. The Hall–Kier alpha value is -6.67. The maximum absolute atomic E-state index is 14.6. The van der Waals surface area contributed by atoms with Crippen LogP contribution in [0.5, 0.6) is 0 Å². The third kappa shape index (κ3) is 9.15. The number of aliphatic hydroxyl groups excluding tert-OH is 1. The number of aromatic amines is 1. The molecule has 322 valence electrons. The number of nitriles is 1. The second-order valence-electron chi connectivity index (χ2n) is 15.8. The number of anilines is 2. The molecule has 17 heteroatoms. The fraction of sp³-hybridized carbons (Fsp3) is 0.356. The van der Waals surface area contributed by atoms with E-state index in [0.717, 1.165) is 35.4 Å². The minimum Gasteiger partial charge on any atom is -0.390 e. The smallest absolute Gasteiger partial charge is 0.390 e. The number of halogens is 4. The van der Waals surface area contributed by atoms with Crippen LogP contribution < -0.4 is 15.4 Å². The Labute approximate surface area is 354 Å². The van der Waals surface area contributed by atoms with Gasteiger partial charge in [0.25, 0.3) is 17.4 Å². The number of aromatic nitrogens is 3. The summed E-state index contributed by atoms with van der Waals surface area (Å²) in [5.74, 6) is -1.35. The Bertz CT molecular complexity index is 2630. The lowest BCUT2D eigenvalue weighted by atomic mass is 10.0. The molecule has 5 aromatic rings. The van der Waals surface area contributed by atoms with Crippen molar-refractivity contribution in [2.45, 2.75) is 57.9 Å². The van der Waals surface area contributed by atoms with Gasteiger partial charge >= 0.3 is 6.18 Å². The van der Waals surface area contributed by atoms with E-state index in [2.05, 4.69) is 15.2 Å². The van der Waals surface area contributed by atoms with Gasteiger partial charge in [0.2, 0.25) is 5.91 Å². The summed E-state index contributed by atoms with van der Waals surface area (Å²) in [6, 6.07) is 20.1. The number of aliphatic hydroxyl groups is 1. The predicted octanol–water partition coefficient (Wildman–Crippen LogP) is 5.54. The number of hydrogen-bond donors (Lipinski definition) is 2. The first-order valence-electron chi connectivity index (χ1n) is 20.2. The molecule has 3 fully saturated rings. The lowest BCUT2D eigenvalue weighted by Gasteiger charge is -2.35. The number of carbonyl (C=O) groups is 3. The third-order valence-corrected chi connectivity index (χ3v) is 11.4. The summed E-state index contributed by atoms with van der Waals surface area (Å²) in [6.07, 6.45) is -3.43. The molecule has 3 aliphatic rings. The summed E-state index contributed by atoms with van der Waals surface area (Å²) >= 11 is 0. The summed E-state index contributed by atoms with van der Waals surface area (Å²) in [7, 11) is 1.54. The highest BCUT2D eigenvalue weighted by Gasteiger charge is 2.44. The topological polar surface area (TPSA) is 167 Å². The number of benzene rings is 3. The van der Waals surface area contributed by atoms with Crippen molar-refractivity contribution in [3.63, 3.8) is 0 Å². The number of nitrogens with zero attached hydrogens (tertiary/aromatic N) is 7. The molecular formula is C45H44F4N8O5. The number of carbonyl (C=O) groups excluding carboxylic acids is 3. The van der Waals surface area contributed by atoms with Crippen molar-refractivity contribution in [1.82, 2.24) is 25.0 Å². The fourth-order valence-corrected chi connectivity index (χ4v) is 7.91. The van der Waals surface area contributed by atoms with Gasteiger partial charge in [0, 0.05) is 68.9 Å². The van der Waals surface area contributed by atoms with E-state index in [1.807, 2.05) is 25.1 Å². The predicted molar refractivity (Wildman–Crippen MR) is 222 cm³/mol. The molecule has 2 aromatic heterocycles. The summed E-state index contributed by atoms with van der Waals surface area (Å²) < 4.78 is 55.0. The summed E-state index contributed by atoms with van der Waals surface area (Å²) in [6.45, 7) is 5.11. The standard InChI is InChI=1S/C24H23FN4O3.C21H21F3N4O2/c25-20-8-5-15(14-21-17-3-1-2-4-18(17)22(30)27-26-21)13-19(20)24(32)29-11-9-28(10-12-29)23(31)16-6-7-16;1-12-5-4-6-14(9-12)27(3)20(30)18-17(29)7-8-28(18)19-15(11-25)16(21(22,23)24)10-13(2)26-19/h1-5,8,13,16H,6-7,9-12,14H2,(H,27,30);4-6,9-10,17-18,29H,7-8H2,1-3H3. The Morgan fingerprint density at radius 1 is 0.919 bits per heavy atom. The zero-order valence-electron chi connectivity index (χ0n) is 34.2. The molecule has 2 N–H and O–H groups in total. The van der Waals surface area contributed by atoms with Crippen LogP contribution in [0.4, 0.5) is 29.1 Å². The zero-order valence-corrected chi connectivity index (χ0v) is 34.2. The van der Waals surface area contributed by atoms with E-state index in [9.17, 15) is 47.1 Å². The van der Waals surface area contributed by atoms with Gasteiger partial charge in [-0.05, 0) is 80.6 Å². The zero-order chi connectivity index (χ0) is 44.5. The maximum Gasteiger partial charge on any atom is 0.417 e. The van der Waals surface area contributed by atoms with E-state index in [0.29, 0.717) is 49.4 Å². The van der Waals surface area contributed by atoms with Gasteiger partial charge in [0.05, 0.1) is 28.3 Å². The van der Waals surface area contributed by atoms with Crippen molar-refractivity contribution < 1.29 is 37.1 Å². The molecule has 0 radical (unpaired) electrons. The van der Waals surface area contributed by atoms with Crippen molar-refractivity contribution in [3.8, 4) is 6.07 Å². The third-order valence-electron chi connectivity index (χ3n) is 11.4. The van der Waals surface area contributed by atoms with Gasteiger partial charge in [-0.15, -0.1) is 0 Å². The molecule has 0 bridgehead atoms. The van der Waals surface area contributed by atoms with Crippen molar-refractivity contribution in [3.05, 3.63) is 128 Å². The van der Waals surface area contributed by atoms with Crippen molar-refractivity contribution >= 4 is 40.0 Å². The van der Waals surface area contributed by atoms with Gasteiger partial charge in [0.15, 0.2) is 0 Å². The number of H-pyrrole nitrogens is 1. The molecule has 1 saturated carbocycles. The Balaban J connectivity index is 0.000000187. The van der Waals surface area contributed by atoms with Gasteiger partial charge in [-0.3, -0.25) is 19.2 Å². The molecule has 3 aromatic carbocycles. The Morgan fingerprint density at radius 3 is 2.27 bits per heavy atom. The number of aryl methyl sites for hydroxylation is 2. The molecule has 13 nitrogen and oxygen atoms in total. The van der Waals surface area contributed by atoms with Crippen molar-refractivity contribution in [1.29, 1.82) is 5.26 Å². The first kappa shape index (κ1) is 43.4. The first-order chi connectivity index (χ1) is 29.5. The number of piperazine rings is 1. The van der Waals surface area contributed by atoms with E-state index < -0.39 is 41.2 Å². The summed E-state index contributed by atoms with van der Waals surface area (Å²) in [4.78, 5) is 60.7. The second kappa shape index (κ2) is 17.7. The minimum atomic E-state index is -4.75. The molecule has 8 rings (SSSR count). The van der Waals surface area contributed by atoms with Crippen LogP contribution >= 0.6 is 0 Å². The molecule has 2 aliphatic heterocycles. The monoisotopic (exact) mass is 852 g/mol. The quantitative estimate of drug-likeness (QED) is 0.200. The summed E-state index contributed by atoms with van der Waals surface area (Å²) in [5.41, 5.74) is 0.947. The van der Waals surface area contributed by atoms with Crippen LogP contribution in [0.25, 0.3) is 10.8 Å². The molecule has 0 spiro atoms. The number of fused-ring (bicyclic) bond motifs is 1. The van der Waals surface area contributed by atoms with Gasteiger partial charge < -0.3 is 24.7 Å². The minimum absolute atomic E-state index is 0.0122. The SMILES string of the molecule is Cc1cccc(N(C)C(=O)C2C(O)CCN2c2nc(C)cc(C(F)(F)F)c2C#N)c1.O=C(c1cc(Cc2n[nH]c(=O)c3ccccc23)ccc1F)N1CCN(C(=O)C2CC2)CC1. The average molecular weight is 853 g/mol. The average Bonchev–Trinajstić information content (AvgIpc) is 4.04. The Morgan fingerprint density at radius 2 is 1.61 bits per heavy atom. The van der Waals surface area contributed by atoms with Gasteiger partial charge in [-0.1, -0.05) is 36.4 Å². The molecule has 1 aliphatic carbocycles. The number of nitrogens with one attached hydrogen (secondary N) is 1. The van der Waals surface area contributed by atoms with E-state index in [1.165, 1.54) is 29.8 Å². The van der Waals surface area contributed by atoms with E-state index in [-0.39, 0.29) is 53.3 Å². The van der Waals surface area contributed by atoms with E-state index >= 15 is 0 Å². The molecular weight excluding hydrogens is 809 g/mol. The lowest BCUT2D eigenvalue weighted by molar-refractivity contribution is -0.138. The highest BCUT2D eigenvalue weighted by molar-refractivity contribution is 6.00. The first-order valence-corrected chi connectivity index (χ1v) is 20.2. The number of pyridine rings is 1. The van der Waals surface area contributed by atoms with Crippen LogP contribution in [0.1, 0.15) is 63.3 Å². The van der Waals surface area contributed by atoms with Gasteiger partial charge in [-0.2, -0.15) is 23.5 Å². The molecule has 62 heavy (non-hydrogen) atoms. The second-order valence-corrected chi connectivity index (χ2v) is 15.8. The number of amides is 3. The molecule has 3 amide bonds. The maximum atomic E-state index is 14.6. The normalized spacial score (nSPS) is 17.6. The van der Waals surface area contributed by atoms with Crippen LogP contribution in [0, 0.1) is 36.9 Å². The van der Waals surface area contributed by atoms with Crippen molar-refractivity contribution in [2.75, 3.05) is 49.6 Å².